The largest absolute Gasteiger partial charge is 0.378 e. The van der Waals surface area contributed by atoms with E-state index in [0.29, 0.717) is 17.9 Å². The van der Waals surface area contributed by atoms with Crippen molar-refractivity contribution in [3.8, 4) is 0 Å². The third-order valence-corrected chi connectivity index (χ3v) is 8.31. The number of rotatable bonds is 5. The van der Waals surface area contributed by atoms with Crippen molar-refractivity contribution in [2.45, 2.75) is 51.1 Å². The summed E-state index contributed by atoms with van der Waals surface area (Å²) in [6.45, 7) is 9.43. The van der Waals surface area contributed by atoms with Crippen molar-refractivity contribution in [1.29, 1.82) is 0 Å². The Labute approximate surface area is 169 Å². The smallest absolute Gasteiger partial charge is 0.166 e. The first-order chi connectivity index (χ1) is 13.4. The van der Waals surface area contributed by atoms with E-state index in [-0.39, 0.29) is 5.92 Å². The number of hydrogen-bond acceptors (Lipinski definition) is 3. The summed E-state index contributed by atoms with van der Waals surface area (Å²) in [4.78, 5) is 15.9. The third kappa shape index (κ3) is 4.14. The molecule has 0 N–H and O–H groups in total. The molecule has 0 spiro atoms. The molecule has 0 aromatic heterocycles. The van der Waals surface area contributed by atoms with Crippen LogP contribution >= 0.6 is 0 Å². The zero-order valence-electron chi connectivity index (χ0n) is 17.2. The van der Waals surface area contributed by atoms with Crippen LogP contribution in [0.15, 0.2) is 54.6 Å². The van der Waals surface area contributed by atoms with E-state index in [1.54, 1.807) is 0 Å². The van der Waals surface area contributed by atoms with Crippen LogP contribution in [0.3, 0.4) is 0 Å². The van der Waals surface area contributed by atoms with Gasteiger partial charge < -0.3 is 4.74 Å². The maximum Gasteiger partial charge on any atom is 0.166 e. The van der Waals surface area contributed by atoms with Crippen LogP contribution in [0.5, 0.6) is 0 Å². The van der Waals surface area contributed by atoms with Gasteiger partial charge in [0.25, 0.3) is 0 Å². The lowest BCUT2D eigenvalue weighted by molar-refractivity contribution is -0.0872. The van der Waals surface area contributed by atoms with Gasteiger partial charge >= 0.3 is 0 Å². The number of piperidine rings is 1. The number of hydrogen-bond donors (Lipinski definition) is 0. The number of morpholine rings is 1. The standard InChI is InChI=1S/C24H31NO2Si/c1-28(2,3)23-11-7-10-19(14-23)24(26)20-12-21-16-27-17-22(13-20)25(21)15-18-8-5-4-6-9-18/h4-11,14,20-22H,12-13,15-17H2,1-3H3. The molecule has 0 saturated carbocycles. The normalized spacial score (nSPS) is 25.5. The average molecular weight is 394 g/mol. The molecule has 0 aliphatic carbocycles. The molecule has 4 rings (SSSR count). The summed E-state index contributed by atoms with van der Waals surface area (Å²) in [7, 11) is -1.42. The summed E-state index contributed by atoms with van der Waals surface area (Å²) >= 11 is 0. The molecule has 148 valence electrons. The molecule has 3 nitrogen and oxygen atoms in total. The first kappa shape index (κ1) is 19.6. The Morgan fingerprint density at radius 2 is 1.68 bits per heavy atom. The summed E-state index contributed by atoms with van der Waals surface area (Å²) in [6.07, 6.45) is 1.80. The van der Waals surface area contributed by atoms with E-state index in [9.17, 15) is 4.79 Å². The lowest BCUT2D eigenvalue weighted by atomic mass is 9.80. The predicted molar refractivity (Wildman–Crippen MR) is 117 cm³/mol. The van der Waals surface area contributed by atoms with Gasteiger partial charge in [0.1, 0.15) is 0 Å². The number of nitrogens with zero attached hydrogens (tertiary/aromatic N) is 1. The van der Waals surface area contributed by atoms with Crippen molar-refractivity contribution >= 4 is 19.0 Å². The fourth-order valence-electron chi connectivity index (χ4n) is 4.63. The average Bonchev–Trinajstić information content (AvgIpc) is 2.67. The molecule has 0 amide bonds. The molecule has 2 fully saturated rings. The van der Waals surface area contributed by atoms with Crippen molar-refractivity contribution in [2.24, 2.45) is 5.92 Å². The minimum atomic E-state index is -1.42. The monoisotopic (exact) mass is 393 g/mol. The molecule has 2 bridgehead atoms. The van der Waals surface area contributed by atoms with E-state index in [0.717, 1.165) is 38.2 Å². The molecule has 2 saturated heterocycles. The molecule has 4 heteroatoms. The maximum atomic E-state index is 13.3. The van der Waals surface area contributed by atoms with Crippen molar-refractivity contribution in [2.75, 3.05) is 13.2 Å². The molecule has 2 unspecified atom stereocenters. The Morgan fingerprint density at radius 1 is 1.00 bits per heavy atom. The zero-order valence-corrected chi connectivity index (χ0v) is 18.2. The second kappa shape index (κ2) is 7.94. The number of ketones is 1. The Hall–Kier alpha value is -1.75. The van der Waals surface area contributed by atoms with Crippen LogP contribution in [0.25, 0.3) is 0 Å². The molecule has 2 aliphatic rings. The fourth-order valence-corrected chi connectivity index (χ4v) is 5.82. The number of ether oxygens (including phenoxy) is 1. The van der Waals surface area contributed by atoms with Gasteiger partial charge in [0.15, 0.2) is 5.78 Å². The molecule has 0 radical (unpaired) electrons. The highest BCUT2D eigenvalue weighted by Crippen LogP contribution is 2.34. The van der Waals surface area contributed by atoms with E-state index < -0.39 is 8.07 Å². The lowest BCUT2D eigenvalue weighted by Crippen LogP contribution is -2.57. The van der Waals surface area contributed by atoms with Crippen LogP contribution in [-0.4, -0.2) is 44.1 Å². The van der Waals surface area contributed by atoms with Crippen molar-refractivity contribution in [1.82, 2.24) is 4.90 Å². The summed E-state index contributed by atoms with van der Waals surface area (Å²) < 4.78 is 5.85. The molecule has 2 aromatic rings. The van der Waals surface area contributed by atoms with Crippen LogP contribution < -0.4 is 5.19 Å². The highest BCUT2D eigenvalue weighted by molar-refractivity contribution is 6.88. The van der Waals surface area contributed by atoms with Gasteiger partial charge in [-0.05, 0) is 18.4 Å². The van der Waals surface area contributed by atoms with Crippen molar-refractivity contribution in [3.05, 3.63) is 65.7 Å². The van der Waals surface area contributed by atoms with Gasteiger partial charge in [-0.15, -0.1) is 0 Å². The Balaban J connectivity index is 1.50. The first-order valence-corrected chi connectivity index (χ1v) is 13.9. The number of carbonyl (C=O) groups excluding carboxylic acids is 1. The fraction of sp³-hybridized carbons (Fsp3) is 0.458. The minimum Gasteiger partial charge on any atom is -0.378 e. The summed E-state index contributed by atoms with van der Waals surface area (Å²) in [5, 5.41) is 1.36. The van der Waals surface area contributed by atoms with Gasteiger partial charge in [-0.2, -0.15) is 0 Å². The molecule has 2 aliphatic heterocycles. The van der Waals surface area contributed by atoms with Crippen LogP contribution in [-0.2, 0) is 11.3 Å². The van der Waals surface area contributed by atoms with Gasteiger partial charge in [0.05, 0.1) is 21.3 Å². The first-order valence-electron chi connectivity index (χ1n) is 10.4. The van der Waals surface area contributed by atoms with E-state index in [4.69, 9.17) is 4.74 Å². The van der Waals surface area contributed by atoms with Crippen LogP contribution in [0, 0.1) is 5.92 Å². The molecule has 2 atom stereocenters. The second-order valence-electron chi connectivity index (χ2n) is 9.37. The van der Waals surface area contributed by atoms with Gasteiger partial charge in [-0.3, -0.25) is 9.69 Å². The van der Waals surface area contributed by atoms with Crippen molar-refractivity contribution in [3.63, 3.8) is 0 Å². The van der Waals surface area contributed by atoms with E-state index >= 15 is 0 Å². The second-order valence-corrected chi connectivity index (χ2v) is 14.4. The molecular formula is C24H31NO2Si. The number of Topliss-reactive ketones (excluding diaryl/α,β-unsaturated/α-hetero) is 1. The SMILES string of the molecule is C[Si](C)(C)c1cccc(C(=O)C2CC3COCC(C2)N3Cc2ccccc2)c1. The third-order valence-electron chi connectivity index (χ3n) is 6.26. The van der Waals surface area contributed by atoms with Crippen LogP contribution in [0.1, 0.15) is 28.8 Å². The van der Waals surface area contributed by atoms with E-state index in [1.165, 1.54) is 10.8 Å². The maximum absolute atomic E-state index is 13.3. The number of fused-ring (bicyclic) bond motifs is 2. The molecule has 2 aromatic carbocycles. The van der Waals surface area contributed by atoms with Gasteiger partial charge in [-0.1, -0.05) is 79.4 Å². The number of carbonyl (C=O) groups is 1. The summed E-state index contributed by atoms with van der Waals surface area (Å²) in [6, 6.07) is 19.7. The van der Waals surface area contributed by atoms with Gasteiger partial charge in [-0.25, -0.2) is 0 Å². The van der Waals surface area contributed by atoms with Crippen molar-refractivity contribution < 1.29 is 9.53 Å². The molecule has 2 heterocycles. The Kier molecular flexibility index (Phi) is 5.54. The van der Waals surface area contributed by atoms with E-state index in [1.807, 2.05) is 6.07 Å². The highest BCUT2D eigenvalue weighted by Gasteiger charge is 2.41. The topological polar surface area (TPSA) is 29.5 Å². The molecular weight excluding hydrogens is 362 g/mol. The van der Waals surface area contributed by atoms with E-state index in [2.05, 4.69) is 73.1 Å². The van der Waals surface area contributed by atoms with Crippen LogP contribution in [0.2, 0.25) is 19.6 Å². The summed E-state index contributed by atoms with van der Waals surface area (Å²) in [5.41, 5.74) is 2.24. The van der Waals surface area contributed by atoms with Gasteiger partial charge in [0, 0.05) is 30.1 Å². The highest BCUT2D eigenvalue weighted by atomic mass is 28.3. The quantitative estimate of drug-likeness (QED) is 0.566. The predicted octanol–water partition coefficient (Wildman–Crippen LogP) is 4.09. The Morgan fingerprint density at radius 3 is 2.32 bits per heavy atom. The zero-order chi connectivity index (χ0) is 19.7. The molecule has 28 heavy (non-hydrogen) atoms. The lowest BCUT2D eigenvalue weighted by Gasteiger charge is -2.48. The minimum absolute atomic E-state index is 0.114. The van der Waals surface area contributed by atoms with Crippen LogP contribution in [0.4, 0.5) is 0 Å². The summed E-state index contributed by atoms with van der Waals surface area (Å²) in [5.74, 6) is 0.444. The number of benzene rings is 2. The van der Waals surface area contributed by atoms with Gasteiger partial charge in [0.2, 0.25) is 0 Å². The Bertz CT molecular complexity index is 816.